The van der Waals surface area contributed by atoms with E-state index in [0.717, 1.165) is 29.3 Å². The standard InChI is InChI=1S/C31H31N5O5/c37-27(31(41)33-18-20-12-13-20)24(17-22-10-6-14-32-28(22)38)35-29(39)25(15-19-7-2-1-3-8-19)36-30(40)26-16-21-9-4-5-11-23(21)34-26/h1-11,14,16,20,24-25,34H,12-13,15,17-18H2,(H,32,38)(H,33,41)(H,35,39)(H,36,40). The van der Waals surface area contributed by atoms with E-state index >= 15 is 0 Å². The molecule has 0 aliphatic heterocycles. The molecule has 1 saturated carbocycles. The highest BCUT2D eigenvalue weighted by atomic mass is 16.2. The van der Waals surface area contributed by atoms with E-state index in [-0.39, 0.29) is 24.1 Å². The van der Waals surface area contributed by atoms with Crippen molar-refractivity contribution >= 4 is 34.4 Å². The minimum Gasteiger partial charge on any atom is -0.351 e. The first-order valence-corrected chi connectivity index (χ1v) is 13.6. The maximum absolute atomic E-state index is 13.7. The number of benzene rings is 2. The van der Waals surface area contributed by atoms with Gasteiger partial charge in [-0.05, 0) is 42.5 Å². The van der Waals surface area contributed by atoms with Gasteiger partial charge in [-0.2, -0.15) is 0 Å². The van der Waals surface area contributed by atoms with Gasteiger partial charge in [-0.15, -0.1) is 0 Å². The summed E-state index contributed by atoms with van der Waals surface area (Å²) < 4.78 is 0. The Labute approximate surface area is 235 Å². The van der Waals surface area contributed by atoms with Crippen LogP contribution < -0.4 is 21.5 Å². The fourth-order valence-electron chi connectivity index (χ4n) is 4.61. The largest absolute Gasteiger partial charge is 0.351 e. The SMILES string of the molecule is O=C(NCC1CC1)C(=O)C(Cc1ccc[nH]c1=O)NC(=O)C(Cc1ccccc1)NC(=O)c1cc2ccccc2[nH]1. The van der Waals surface area contributed by atoms with Crippen LogP contribution in [0.4, 0.5) is 0 Å². The lowest BCUT2D eigenvalue weighted by Crippen LogP contribution is -2.55. The molecule has 2 atom stereocenters. The number of para-hydroxylation sites is 1. The Morgan fingerprint density at radius 3 is 2.34 bits per heavy atom. The summed E-state index contributed by atoms with van der Waals surface area (Å²) in [6.45, 7) is 0.383. The molecule has 4 aromatic rings. The molecule has 41 heavy (non-hydrogen) atoms. The quantitative estimate of drug-likeness (QED) is 0.170. The first-order valence-electron chi connectivity index (χ1n) is 13.6. The molecule has 1 fully saturated rings. The molecule has 2 aromatic carbocycles. The third-order valence-corrected chi connectivity index (χ3v) is 7.11. The van der Waals surface area contributed by atoms with Crippen LogP contribution in [0.15, 0.2) is 83.8 Å². The number of pyridine rings is 1. The average molecular weight is 554 g/mol. The van der Waals surface area contributed by atoms with Crippen molar-refractivity contribution in [3.05, 3.63) is 106 Å². The van der Waals surface area contributed by atoms with Gasteiger partial charge in [-0.3, -0.25) is 24.0 Å². The number of aromatic nitrogens is 2. The molecular formula is C31H31N5O5. The van der Waals surface area contributed by atoms with E-state index < -0.39 is 41.1 Å². The van der Waals surface area contributed by atoms with Crippen molar-refractivity contribution < 1.29 is 19.2 Å². The second kappa shape index (κ2) is 12.5. The fraction of sp³-hybridized carbons (Fsp3) is 0.258. The predicted molar refractivity (Wildman–Crippen MR) is 153 cm³/mol. The van der Waals surface area contributed by atoms with Gasteiger partial charge < -0.3 is 25.9 Å². The molecule has 0 saturated heterocycles. The van der Waals surface area contributed by atoms with Gasteiger partial charge in [0.2, 0.25) is 11.7 Å². The highest BCUT2D eigenvalue weighted by Gasteiger charge is 2.32. The zero-order chi connectivity index (χ0) is 28.8. The van der Waals surface area contributed by atoms with Crippen molar-refractivity contribution in [1.82, 2.24) is 25.9 Å². The predicted octanol–water partition coefficient (Wildman–Crippen LogP) is 2.02. The van der Waals surface area contributed by atoms with Gasteiger partial charge in [0.05, 0.1) is 0 Å². The summed E-state index contributed by atoms with van der Waals surface area (Å²) >= 11 is 0. The van der Waals surface area contributed by atoms with Crippen molar-refractivity contribution in [1.29, 1.82) is 0 Å². The number of rotatable bonds is 12. The molecule has 1 aliphatic carbocycles. The van der Waals surface area contributed by atoms with Gasteiger partial charge in [-0.25, -0.2) is 0 Å². The summed E-state index contributed by atoms with van der Waals surface area (Å²) in [4.78, 5) is 70.8. The Hall–Kier alpha value is -4.99. The van der Waals surface area contributed by atoms with Gasteiger partial charge in [0, 0.05) is 42.0 Å². The number of ketones is 1. The molecular weight excluding hydrogens is 522 g/mol. The number of Topliss-reactive ketones (excluding diaryl/α,β-unsaturated/α-hetero) is 1. The van der Waals surface area contributed by atoms with E-state index in [2.05, 4.69) is 25.9 Å². The molecule has 0 spiro atoms. The molecule has 1 aliphatic rings. The van der Waals surface area contributed by atoms with Gasteiger partial charge in [0.1, 0.15) is 17.8 Å². The van der Waals surface area contributed by atoms with Crippen LogP contribution in [0.3, 0.4) is 0 Å². The molecule has 5 N–H and O–H groups in total. The van der Waals surface area contributed by atoms with E-state index in [1.807, 2.05) is 54.6 Å². The monoisotopic (exact) mass is 553 g/mol. The van der Waals surface area contributed by atoms with Crippen molar-refractivity contribution in [2.45, 2.75) is 37.8 Å². The molecule has 2 unspecified atom stereocenters. The number of H-pyrrole nitrogens is 2. The Morgan fingerprint density at radius 2 is 1.61 bits per heavy atom. The highest BCUT2D eigenvalue weighted by Crippen LogP contribution is 2.27. The topological polar surface area (TPSA) is 153 Å². The summed E-state index contributed by atoms with van der Waals surface area (Å²) in [7, 11) is 0. The van der Waals surface area contributed by atoms with Crippen LogP contribution >= 0.6 is 0 Å². The fourth-order valence-corrected chi connectivity index (χ4v) is 4.61. The first-order chi connectivity index (χ1) is 19.9. The van der Waals surface area contributed by atoms with E-state index in [1.54, 1.807) is 12.1 Å². The lowest BCUT2D eigenvalue weighted by Gasteiger charge is -2.23. The zero-order valence-electron chi connectivity index (χ0n) is 22.3. The summed E-state index contributed by atoms with van der Waals surface area (Å²) in [5, 5.41) is 8.91. The van der Waals surface area contributed by atoms with Crippen LogP contribution in [0.5, 0.6) is 0 Å². The minimum absolute atomic E-state index is 0.138. The Kier molecular flexibility index (Phi) is 8.38. The molecule has 10 nitrogen and oxygen atoms in total. The molecule has 5 rings (SSSR count). The molecule has 10 heteroatoms. The molecule has 2 heterocycles. The van der Waals surface area contributed by atoms with E-state index in [4.69, 9.17) is 0 Å². The lowest BCUT2D eigenvalue weighted by molar-refractivity contribution is -0.140. The molecule has 0 bridgehead atoms. The zero-order valence-corrected chi connectivity index (χ0v) is 22.3. The third-order valence-electron chi connectivity index (χ3n) is 7.11. The van der Waals surface area contributed by atoms with Crippen molar-refractivity contribution in [2.24, 2.45) is 5.92 Å². The van der Waals surface area contributed by atoms with E-state index in [9.17, 15) is 24.0 Å². The van der Waals surface area contributed by atoms with Crippen molar-refractivity contribution in [2.75, 3.05) is 6.54 Å². The molecule has 0 radical (unpaired) electrons. The van der Waals surface area contributed by atoms with Crippen LogP contribution in [-0.2, 0) is 27.2 Å². The molecule has 210 valence electrons. The highest BCUT2D eigenvalue weighted by molar-refractivity contribution is 6.38. The second-order valence-corrected chi connectivity index (χ2v) is 10.3. The number of aromatic amines is 2. The Balaban J connectivity index is 1.37. The maximum atomic E-state index is 13.7. The molecule has 2 aromatic heterocycles. The number of fused-ring (bicyclic) bond motifs is 1. The Bertz CT molecular complexity index is 1590. The summed E-state index contributed by atoms with van der Waals surface area (Å²) in [5.41, 5.74) is 1.65. The van der Waals surface area contributed by atoms with E-state index in [0.29, 0.717) is 12.5 Å². The minimum atomic E-state index is -1.31. The van der Waals surface area contributed by atoms with Gasteiger partial charge in [-0.1, -0.05) is 54.6 Å². The van der Waals surface area contributed by atoms with E-state index in [1.165, 1.54) is 12.3 Å². The number of carbonyl (C=O) groups excluding carboxylic acids is 4. The number of amides is 3. The maximum Gasteiger partial charge on any atom is 0.289 e. The third kappa shape index (κ3) is 7.16. The normalized spacial score (nSPS) is 14.1. The first kappa shape index (κ1) is 27.6. The van der Waals surface area contributed by atoms with Crippen LogP contribution in [-0.4, -0.2) is 52.1 Å². The van der Waals surface area contributed by atoms with Crippen LogP contribution in [0.1, 0.15) is 34.5 Å². The smallest absolute Gasteiger partial charge is 0.289 e. The van der Waals surface area contributed by atoms with Crippen LogP contribution in [0.2, 0.25) is 0 Å². The summed E-state index contributed by atoms with van der Waals surface area (Å²) in [6.07, 6.45) is 3.39. The number of nitrogens with one attached hydrogen (secondary N) is 5. The van der Waals surface area contributed by atoms with Crippen molar-refractivity contribution in [3.8, 4) is 0 Å². The van der Waals surface area contributed by atoms with Crippen molar-refractivity contribution in [3.63, 3.8) is 0 Å². The van der Waals surface area contributed by atoms with Gasteiger partial charge in [0.25, 0.3) is 17.4 Å². The number of carbonyl (C=O) groups is 4. The summed E-state index contributed by atoms with van der Waals surface area (Å²) in [6, 6.07) is 19.0. The number of hydrogen-bond acceptors (Lipinski definition) is 5. The average Bonchev–Trinajstić information content (AvgIpc) is 3.71. The van der Waals surface area contributed by atoms with Gasteiger partial charge in [0.15, 0.2) is 0 Å². The lowest BCUT2D eigenvalue weighted by atomic mass is 10.0. The van der Waals surface area contributed by atoms with Crippen LogP contribution in [0, 0.1) is 5.92 Å². The molecule has 3 amide bonds. The Morgan fingerprint density at radius 1 is 0.854 bits per heavy atom. The number of hydrogen-bond donors (Lipinski definition) is 5. The van der Waals surface area contributed by atoms with Crippen LogP contribution in [0.25, 0.3) is 10.9 Å². The van der Waals surface area contributed by atoms with Gasteiger partial charge >= 0.3 is 0 Å². The summed E-state index contributed by atoms with van der Waals surface area (Å²) in [5.74, 6) is -2.48. The second-order valence-electron chi connectivity index (χ2n) is 10.3.